The summed E-state index contributed by atoms with van der Waals surface area (Å²) >= 11 is 0. The number of urea groups is 1. The smallest absolute Gasteiger partial charge is 0.337 e. The Morgan fingerprint density at radius 1 is 1.03 bits per heavy atom. The van der Waals surface area contributed by atoms with Crippen molar-refractivity contribution >= 4 is 28.9 Å². The maximum Gasteiger partial charge on any atom is 0.337 e. The minimum atomic E-state index is -0.461. The van der Waals surface area contributed by atoms with Crippen molar-refractivity contribution in [2.45, 2.75) is 6.54 Å². The number of rotatable bonds is 6. The molecule has 2 amide bonds. The molecule has 0 atom stereocenters. The number of aromatic nitrogens is 3. The Hall–Kier alpha value is -4.20. The van der Waals surface area contributed by atoms with Crippen LogP contribution in [0.5, 0.6) is 0 Å². The van der Waals surface area contributed by atoms with E-state index in [2.05, 4.69) is 15.6 Å². The Morgan fingerprint density at radius 2 is 1.87 bits per heavy atom. The Labute approximate surface area is 178 Å². The number of benzene rings is 2. The van der Waals surface area contributed by atoms with Gasteiger partial charge in [0, 0.05) is 30.5 Å². The van der Waals surface area contributed by atoms with Crippen LogP contribution in [-0.2, 0) is 11.3 Å². The van der Waals surface area contributed by atoms with E-state index in [-0.39, 0.29) is 6.03 Å². The molecule has 0 saturated heterocycles. The highest BCUT2D eigenvalue weighted by Gasteiger charge is 2.13. The van der Waals surface area contributed by atoms with Crippen LogP contribution in [0.15, 0.2) is 72.9 Å². The van der Waals surface area contributed by atoms with Gasteiger partial charge < -0.3 is 19.9 Å². The fraction of sp³-hybridized carbons (Fsp3) is 0.130. The van der Waals surface area contributed by atoms with Gasteiger partial charge in [-0.1, -0.05) is 36.4 Å². The van der Waals surface area contributed by atoms with E-state index in [0.29, 0.717) is 24.3 Å². The van der Waals surface area contributed by atoms with Crippen LogP contribution in [0.25, 0.3) is 22.6 Å². The topological polar surface area (TPSA) is 98.1 Å². The molecule has 4 rings (SSSR count). The van der Waals surface area contributed by atoms with Crippen molar-refractivity contribution in [3.8, 4) is 11.4 Å². The molecule has 0 fully saturated rings. The van der Waals surface area contributed by atoms with E-state index in [1.807, 2.05) is 47.0 Å². The van der Waals surface area contributed by atoms with Gasteiger partial charge in [0.05, 0.1) is 12.7 Å². The highest BCUT2D eigenvalue weighted by Crippen LogP contribution is 2.23. The normalized spacial score (nSPS) is 10.6. The fourth-order valence-electron chi connectivity index (χ4n) is 3.28. The number of carbonyl (C=O) groups is 2. The van der Waals surface area contributed by atoms with Crippen molar-refractivity contribution in [2.24, 2.45) is 0 Å². The van der Waals surface area contributed by atoms with Gasteiger partial charge in [-0.15, -0.1) is 0 Å². The first kappa shape index (κ1) is 20.1. The molecule has 0 bridgehead atoms. The van der Waals surface area contributed by atoms with Crippen molar-refractivity contribution in [1.82, 2.24) is 19.9 Å². The summed E-state index contributed by atoms with van der Waals surface area (Å²) in [5.74, 6) is 0.333. The number of nitrogens with zero attached hydrogens (tertiary/aromatic N) is 3. The number of hydrogen-bond donors (Lipinski definition) is 2. The Balaban J connectivity index is 1.45. The van der Waals surface area contributed by atoms with Gasteiger partial charge in [0.1, 0.15) is 11.3 Å². The SMILES string of the molecule is COC(=O)c1cccc(NC(=O)NCCn2c(-c3ccccc3)nc3cccnc32)c1. The van der Waals surface area contributed by atoms with E-state index >= 15 is 0 Å². The number of hydrogen-bond acceptors (Lipinski definition) is 5. The number of fused-ring (bicyclic) bond motifs is 1. The van der Waals surface area contributed by atoms with Gasteiger partial charge in [-0.25, -0.2) is 19.6 Å². The number of amides is 2. The predicted octanol–water partition coefficient (Wildman–Crippen LogP) is 3.71. The quantitative estimate of drug-likeness (QED) is 0.468. The molecule has 0 radical (unpaired) electrons. The Bertz CT molecular complexity index is 1220. The van der Waals surface area contributed by atoms with E-state index in [1.54, 1.807) is 30.5 Å². The van der Waals surface area contributed by atoms with Crippen LogP contribution in [0.2, 0.25) is 0 Å². The average Bonchev–Trinajstić information content (AvgIpc) is 3.18. The largest absolute Gasteiger partial charge is 0.465 e. The van der Waals surface area contributed by atoms with Crippen LogP contribution < -0.4 is 10.6 Å². The van der Waals surface area contributed by atoms with Gasteiger partial charge in [-0.05, 0) is 30.3 Å². The van der Waals surface area contributed by atoms with Crippen molar-refractivity contribution < 1.29 is 14.3 Å². The van der Waals surface area contributed by atoms with Crippen molar-refractivity contribution in [3.05, 3.63) is 78.5 Å². The molecule has 2 aromatic carbocycles. The molecule has 2 heterocycles. The van der Waals surface area contributed by atoms with Gasteiger partial charge in [0.15, 0.2) is 5.65 Å². The van der Waals surface area contributed by atoms with Gasteiger partial charge >= 0.3 is 12.0 Å². The zero-order valence-electron chi connectivity index (χ0n) is 16.9. The number of esters is 1. The third-order valence-corrected chi connectivity index (χ3v) is 4.70. The van der Waals surface area contributed by atoms with Gasteiger partial charge in [-0.3, -0.25) is 0 Å². The number of methoxy groups -OCH3 is 1. The molecule has 8 heteroatoms. The first-order valence-corrected chi connectivity index (χ1v) is 9.75. The first-order chi connectivity index (χ1) is 15.2. The minimum absolute atomic E-state index is 0.365. The van der Waals surface area contributed by atoms with Crippen LogP contribution in [0.1, 0.15) is 10.4 Å². The summed E-state index contributed by atoms with van der Waals surface area (Å²) in [6.45, 7) is 0.859. The van der Waals surface area contributed by atoms with Crippen LogP contribution in [-0.4, -0.2) is 40.2 Å². The zero-order valence-corrected chi connectivity index (χ0v) is 16.9. The second-order valence-corrected chi connectivity index (χ2v) is 6.75. The maximum absolute atomic E-state index is 12.3. The molecule has 8 nitrogen and oxygen atoms in total. The molecule has 0 aliphatic heterocycles. The number of ether oxygens (including phenoxy) is 1. The molecule has 31 heavy (non-hydrogen) atoms. The molecule has 2 aromatic heterocycles. The zero-order chi connectivity index (χ0) is 21.6. The standard InChI is InChI=1S/C23H21N5O3/c1-31-22(29)17-9-5-10-18(15-17)26-23(30)25-13-14-28-20(16-7-3-2-4-8-16)27-19-11-6-12-24-21(19)28/h2-12,15H,13-14H2,1H3,(H2,25,26,30). The van der Waals surface area contributed by atoms with Gasteiger partial charge in [0.25, 0.3) is 0 Å². The Morgan fingerprint density at radius 3 is 2.68 bits per heavy atom. The highest BCUT2D eigenvalue weighted by molar-refractivity contribution is 5.93. The highest BCUT2D eigenvalue weighted by atomic mass is 16.5. The third kappa shape index (κ3) is 4.53. The monoisotopic (exact) mass is 415 g/mol. The van der Waals surface area contributed by atoms with Gasteiger partial charge in [-0.2, -0.15) is 0 Å². The lowest BCUT2D eigenvalue weighted by Crippen LogP contribution is -2.31. The molecule has 2 N–H and O–H groups in total. The van der Waals surface area contributed by atoms with E-state index in [0.717, 1.165) is 22.6 Å². The minimum Gasteiger partial charge on any atom is -0.465 e. The molecule has 0 spiro atoms. The second kappa shape index (κ2) is 9.08. The maximum atomic E-state index is 12.3. The van der Waals surface area contributed by atoms with Crippen LogP contribution in [0, 0.1) is 0 Å². The van der Waals surface area contributed by atoms with E-state index < -0.39 is 5.97 Å². The van der Waals surface area contributed by atoms with E-state index in [1.165, 1.54) is 7.11 Å². The molecule has 0 unspecified atom stereocenters. The molecular formula is C23H21N5O3. The summed E-state index contributed by atoms with van der Waals surface area (Å²) in [6.07, 6.45) is 1.73. The van der Waals surface area contributed by atoms with E-state index in [9.17, 15) is 9.59 Å². The summed E-state index contributed by atoms with van der Waals surface area (Å²) in [5, 5.41) is 5.56. The van der Waals surface area contributed by atoms with Crippen molar-refractivity contribution in [1.29, 1.82) is 0 Å². The lowest BCUT2D eigenvalue weighted by Gasteiger charge is -2.11. The van der Waals surface area contributed by atoms with Gasteiger partial charge in [0.2, 0.25) is 0 Å². The van der Waals surface area contributed by atoms with Crippen LogP contribution in [0.4, 0.5) is 10.5 Å². The summed E-state index contributed by atoms with van der Waals surface area (Å²) in [6, 6.07) is 19.8. The van der Waals surface area contributed by atoms with Crippen LogP contribution >= 0.6 is 0 Å². The molecular weight excluding hydrogens is 394 g/mol. The van der Waals surface area contributed by atoms with E-state index in [4.69, 9.17) is 9.72 Å². The summed E-state index contributed by atoms with van der Waals surface area (Å²) < 4.78 is 6.69. The van der Waals surface area contributed by atoms with Crippen molar-refractivity contribution in [3.63, 3.8) is 0 Å². The molecule has 156 valence electrons. The molecule has 0 aliphatic rings. The fourth-order valence-corrected chi connectivity index (χ4v) is 3.28. The summed E-state index contributed by atoms with van der Waals surface area (Å²) in [4.78, 5) is 33.1. The number of carbonyl (C=O) groups excluding carboxylic acids is 2. The predicted molar refractivity (Wildman–Crippen MR) is 118 cm³/mol. The Kier molecular flexibility index (Phi) is 5.89. The average molecular weight is 415 g/mol. The van der Waals surface area contributed by atoms with Crippen molar-refractivity contribution in [2.75, 3.05) is 19.0 Å². The number of pyridine rings is 1. The third-order valence-electron chi connectivity index (χ3n) is 4.70. The summed E-state index contributed by atoms with van der Waals surface area (Å²) in [5.41, 5.74) is 3.40. The lowest BCUT2D eigenvalue weighted by atomic mass is 10.2. The lowest BCUT2D eigenvalue weighted by molar-refractivity contribution is 0.0600. The number of anilines is 1. The number of imidazole rings is 1. The number of nitrogens with one attached hydrogen (secondary N) is 2. The first-order valence-electron chi connectivity index (χ1n) is 9.75. The second-order valence-electron chi connectivity index (χ2n) is 6.75. The molecule has 0 saturated carbocycles. The summed E-state index contributed by atoms with van der Waals surface area (Å²) in [7, 11) is 1.31. The molecule has 0 aliphatic carbocycles. The molecule has 4 aromatic rings. The van der Waals surface area contributed by atoms with Crippen LogP contribution in [0.3, 0.4) is 0 Å².